The zero-order chi connectivity index (χ0) is 8.69. The van der Waals surface area contributed by atoms with Crippen molar-refractivity contribution >= 4 is 0 Å². The first kappa shape index (κ1) is 10.9. The van der Waals surface area contributed by atoms with Crippen molar-refractivity contribution in [3.05, 3.63) is 0 Å². The van der Waals surface area contributed by atoms with E-state index in [0.717, 1.165) is 13.1 Å². The van der Waals surface area contributed by atoms with Crippen LogP contribution in [0.15, 0.2) is 0 Å². The summed E-state index contributed by atoms with van der Waals surface area (Å²) < 4.78 is 10.5. The van der Waals surface area contributed by atoms with Gasteiger partial charge in [-0.25, -0.2) is 0 Å². The van der Waals surface area contributed by atoms with E-state index >= 15 is 0 Å². The SMILES string of the molecule is CCOC(OC)N(CC)CC. The average molecular weight is 161 g/mol. The molecule has 0 saturated heterocycles. The molecule has 0 fully saturated rings. The van der Waals surface area contributed by atoms with Gasteiger partial charge in [-0.3, -0.25) is 4.90 Å². The highest BCUT2D eigenvalue weighted by atomic mass is 16.7. The summed E-state index contributed by atoms with van der Waals surface area (Å²) in [7, 11) is 1.67. The van der Waals surface area contributed by atoms with Gasteiger partial charge in [0.1, 0.15) is 0 Å². The van der Waals surface area contributed by atoms with Crippen LogP contribution in [0.3, 0.4) is 0 Å². The molecule has 1 unspecified atom stereocenters. The Morgan fingerprint density at radius 1 is 1.18 bits per heavy atom. The number of nitrogens with zero attached hydrogens (tertiary/aromatic N) is 1. The summed E-state index contributed by atoms with van der Waals surface area (Å²) in [5.74, 6) is 0. The summed E-state index contributed by atoms with van der Waals surface area (Å²) in [4.78, 5) is 2.11. The largest absolute Gasteiger partial charge is 0.343 e. The molecular weight excluding hydrogens is 142 g/mol. The Morgan fingerprint density at radius 2 is 1.73 bits per heavy atom. The Balaban J connectivity index is 3.76. The van der Waals surface area contributed by atoms with Crippen LogP contribution in [-0.4, -0.2) is 38.1 Å². The highest BCUT2D eigenvalue weighted by molar-refractivity contribution is 4.48. The van der Waals surface area contributed by atoms with E-state index in [0.29, 0.717) is 6.61 Å². The molecule has 0 aromatic rings. The lowest BCUT2D eigenvalue weighted by Crippen LogP contribution is -2.38. The Bertz CT molecular complexity index is 84.2. The van der Waals surface area contributed by atoms with E-state index in [9.17, 15) is 0 Å². The predicted octanol–water partition coefficient (Wildman–Crippen LogP) is 1.29. The maximum atomic E-state index is 5.34. The van der Waals surface area contributed by atoms with Gasteiger partial charge in [0.25, 0.3) is 0 Å². The monoisotopic (exact) mass is 161 g/mol. The standard InChI is InChI=1S/C8H19NO2/c1-5-9(6-2)8(10-4)11-7-3/h8H,5-7H2,1-4H3. The molecule has 0 aliphatic heterocycles. The lowest BCUT2D eigenvalue weighted by atomic mass is 10.5. The van der Waals surface area contributed by atoms with Gasteiger partial charge in [-0.05, 0) is 20.0 Å². The molecule has 0 aromatic carbocycles. The first-order valence-corrected chi connectivity index (χ1v) is 4.18. The maximum Gasteiger partial charge on any atom is 0.218 e. The van der Waals surface area contributed by atoms with Gasteiger partial charge in [-0.2, -0.15) is 0 Å². The summed E-state index contributed by atoms with van der Waals surface area (Å²) in [6, 6.07) is 0. The third kappa shape index (κ3) is 3.70. The van der Waals surface area contributed by atoms with Crippen LogP contribution < -0.4 is 0 Å². The highest BCUT2D eigenvalue weighted by Gasteiger charge is 2.13. The van der Waals surface area contributed by atoms with Crippen LogP contribution in [0.4, 0.5) is 0 Å². The van der Waals surface area contributed by atoms with Crippen molar-refractivity contribution in [2.24, 2.45) is 0 Å². The lowest BCUT2D eigenvalue weighted by Gasteiger charge is -2.27. The molecule has 3 nitrogen and oxygen atoms in total. The van der Waals surface area contributed by atoms with Crippen molar-refractivity contribution in [2.75, 3.05) is 26.8 Å². The Morgan fingerprint density at radius 3 is 2.00 bits per heavy atom. The normalized spacial score (nSPS) is 13.9. The van der Waals surface area contributed by atoms with Crippen LogP contribution in [0.1, 0.15) is 20.8 Å². The van der Waals surface area contributed by atoms with Crippen molar-refractivity contribution in [1.82, 2.24) is 4.90 Å². The van der Waals surface area contributed by atoms with Gasteiger partial charge in [0.05, 0.1) is 0 Å². The molecule has 0 N–H and O–H groups in total. The minimum Gasteiger partial charge on any atom is -0.343 e. The second-order valence-corrected chi connectivity index (χ2v) is 2.22. The van der Waals surface area contributed by atoms with Gasteiger partial charge in [-0.1, -0.05) is 13.8 Å². The lowest BCUT2D eigenvalue weighted by molar-refractivity contribution is -0.206. The molecular formula is C8H19NO2. The minimum atomic E-state index is -0.171. The van der Waals surface area contributed by atoms with Crippen molar-refractivity contribution in [3.63, 3.8) is 0 Å². The summed E-state index contributed by atoms with van der Waals surface area (Å²) in [6.07, 6.45) is -0.171. The molecule has 1 atom stereocenters. The fourth-order valence-electron chi connectivity index (χ4n) is 0.987. The third-order valence-corrected chi connectivity index (χ3v) is 1.62. The molecule has 0 aliphatic carbocycles. The van der Waals surface area contributed by atoms with Crippen molar-refractivity contribution < 1.29 is 9.47 Å². The zero-order valence-electron chi connectivity index (χ0n) is 7.96. The van der Waals surface area contributed by atoms with E-state index in [1.165, 1.54) is 0 Å². The second-order valence-electron chi connectivity index (χ2n) is 2.22. The fourth-order valence-corrected chi connectivity index (χ4v) is 0.987. The van der Waals surface area contributed by atoms with Gasteiger partial charge in [0, 0.05) is 13.7 Å². The Hall–Kier alpha value is -0.120. The van der Waals surface area contributed by atoms with Crippen LogP contribution in [0.25, 0.3) is 0 Å². The summed E-state index contributed by atoms with van der Waals surface area (Å²) in [5.41, 5.74) is 0. The van der Waals surface area contributed by atoms with Crippen LogP contribution in [0.2, 0.25) is 0 Å². The van der Waals surface area contributed by atoms with Crippen molar-refractivity contribution in [3.8, 4) is 0 Å². The Kier molecular flexibility index (Phi) is 6.51. The fraction of sp³-hybridized carbons (Fsp3) is 1.00. The predicted molar refractivity (Wildman–Crippen MR) is 45.3 cm³/mol. The van der Waals surface area contributed by atoms with Gasteiger partial charge in [0.15, 0.2) is 0 Å². The molecule has 0 aromatic heterocycles. The summed E-state index contributed by atoms with van der Waals surface area (Å²) in [6.45, 7) is 8.75. The maximum absolute atomic E-state index is 5.34. The van der Waals surface area contributed by atoms with E-state index < -0.39 is 0 Å². The van der Waals surface area contributed by atoms with E-state index in [1.54, 1.807) is 7.11 Å². The van der Waals surface area contributed by atoms with E-state index in [4.69, 9.17) is 9.47 Å². The number of rotatable bonds is 6. The van der Waals surface area contributed by atoms with Crippen molar-refractivity contribution in [2.45, 2.75) is 27.2 Å². The minimum absolute atomic E-state index is 0.171. The molecule has 0 spiro atoms. The molecule has 0 saturated carbocycles. The molecule has 0 bridgehead atoms. The van der Waals surface area contributed by atoms with E-state index in [2.05, 4.69) is 18.7 Å². The number of ether oxygens (including phenoxy) is 2. The second kappa shape index (κ2) is 6.58. The molecule has 68 valence electrons. The molecule has 0 radical (unpaired) electrons. The van der Waals surface area contributed by atoms with Crippen molar-refractivity contribution in [1.29, 1.82) is 0 Å². The first-order valence-electron chi connectivity index (χ1n) is 4.18. The molecule has 11 heavy (non-hydrogen) atoms. The van der Waals surface area contributed by atoms with Gasteiger partial charge < -0.3 is 9.47 Å². The van der Waals surface area contributed by atoms with Crippen LogP contribution in [0, 0.1) is 0 Å². The quantitative estimate of drug-likeness (QED) is 0.548. The number of hydrogen-bond donors (Lipinski definition) is 0. The highest BCUT2D eigenvalue weighted by Crippen LogP contribution is 2.00. The molecule has 0 heterocycles. The van der Waals surface area contributed by atoms with Gasteiger partial charge in [-0.15, -0.1) is 0 Å². The molecule has 0 aliphatic rings. The smallest absolute Gasteiger partial charge is 0.218 e. The van der Waals surface area contributed by atoms with Gasteiger partial charge in [0.2, 0.25) is 6.41 Å². The molecule has 0 rings (SSSR count). The first-order chi connectivity index (χ1) is 5.29. The van der Waals surface area contributed by atoms with Crippen LogP contribution in [0.5, 0.6) is 0 Å². The zero-order valence-corrected chi connectivity index (χ0v) is 7.96. The van der Waals surface area contributed by atoms with Crippen LogP contribution >= 0.6 is 0 Å². The summed E-state index contributed by atoms with van der Waals surface area (Å²) >= 11 is 0. The molecule has 3 heteroatoms. The third-order valence-electron chi connectivity index (χ3n) is 1.62. The Labute approximate surface area is 69.3 Å². The van der Waals surface area contributed by atoms with E-state index in [-0.39, 0.29) is 6.41 Å². The van der Waals surface area contributed by atoms with Crippen LogP contribution in [-0.2, 0) is 9.47 Å². The molecule has 0 amide bonds. The number of hydrogen-bond acceptors (Lipinski definition) is 3. The number of methoxy groups -OCH3 is 1. The van der Waals surface area contributed by atoms with E-state index in [1.807, 2.05) is 6.92 Å². The topological polar surface area (TPSA) is 21.7 Å². The van der Waals surface area contributed by atoms with Gasteiger partial charge >= 0.3 is 0 Å². The summed E-state index contributed by atoms with van der Waals surface area (Å²) in [5, 5.41) is 0. The average Bonchev–Trinajstić information content (AvgIpc) is 2.05.